The van der Waals surface area contributed by atoms with Crippen molar-refractivity contribution in [2.24, 2.45) is 0 Å². The van der Waals surface area contributed by atoms with Crippen LogP contribution in [0.1, 0.15) is 25.3 Å². The smallest absolute Gasteiger partial charge is 0.326 e. The van der Waals surface area contributed by atoms with E-state index >= 15 is 0 Å². The van der Waals surface area contributed by atoms with E-state index in [4.69, 9.17) is 23.2 Å². The molecule has 1 atom stereocenters. The first-order valence-electron chi connectivity index (χ1n) is 12.5. The number of nitriles is 1. The fourth-order valence-electron chi connectivity index (χ4n) is 4.66. The van der Waals surface area contributed by atoms with Crippen molar-refractivity contribution < 1.29 is 9.59 Å². The summed E-state index contributed by atoms with van der Waals surface area (Å²) in [5, 5.41) is 16.0. The van der Waals surface area contributed by atoms with Crippen molar-refractivity contribution in [1.82, 2.24) is 10.2 Å². The van der Waals surface area contributed by atoms with E-state index in [0.29, 0.717) is 27.8 Å². The molecule has 2 N–H and O–H groups in total. The van der Waals surface area contributed by atoms with Gasteiger partial charge in [-0.3, -0.25) is 9.69 Å². The normalized spacial score (nSPS) is 15.1. The molecular formula is C29H29Cl2N5O2. The monoisotopic (exact) mass is 549 g/mol. The minimum Gasteiger partial charge on any atom is -0.352 e. The van der Waals surface area contributed by atoms with Gasteiger partial charge in [0.2, 0.25) is 5.91 Å². The standard InChI is InChI=1S/C29H29Cl2N5O2/c1-20(37)33-26-10-13-35(19-26)11-3-12-36(29(38)34-27-16-24(30)15-25(31)17-27)28-8-6-22(7-9-28)23-5-2-4-21(14-23)18-32/h2,4-9,14-17,26H,3,10-13,19H2,1H3,(H,33,37)(H,34,38). The van der Waals surface area contributed by atoms with Gasteiger partial charge in [-0.15, -0.1) is 0 Å². The van der Waals surface area contributed by atoms with E-state index in [1.54, 1.807) is 29.2 Å². The molecule has 4 rings (SSSR count). The van der Waals surface area contributed by atoms with Crippen molar-refractivity contribution in [2.75, 3.05) is 36.4 Å². The molecule has 3 amide bonds. The van der Waals surface area contributed by atoms with Crippen LogP contribution in [0, 0.1) is 11.3 Å². The van der Waals surface area contributed by atoms with E-state index in [2.05, 4.69) is 21.6 Å². The molecule has 3 aromatic carbocycles. The van der Waals surface area contributed by atoms with E-state index in [1.807, 2.05) is 42.5 Å². The molecule has 1 saturated heterocycles. The lowest BCUT2D eigenvalue weighted by atomic mass is 10.0. The van der Waals surface area contributed by atoms with Crippen molar-refractivity contribution in [2.45, 2.75) is 25.8 Å². The van der Waals surface area contributed by atoms with Crippen LogP contribution in [0.25, 0.3) is 11.1 Å². The number of benzene rings is 3. The van der Waals surface area contributed by atoms with Gasteiger partial charge in [-0.05, 0) is 73.0 Å². The summed E-state index contributed by atoms with van der Waals surface area (Å²) >= 11 is 12.3. The van der Waals surface area contributed by atoms with Gasteiger partial charge in [0.05, 0.1) is 11.6 Å². The summed E-state index contributed by atoms with van der Waals surface area (Å²) in [7, 11) is 0. The predicted molar refractivity (Wildman–Crippen MR) is 153 cm³/mol. The Bertz CT molecular complexity index is 1320. The highest BCUT2D eigenvalue weighted by Gasteiger charge is 2.23. The highest BCUT2D eigenvalue weighted by Crippen LogP contribution is 2.26. The lowest BCUT2D eigenvalue weighted by molar-refractivity contribution is -0.119. The fraction of sp³-hybridized carbons (Fsp3) is 0.276. The Hall–Kier alpha value is -3.57. The number of rotatable bonds is 8. The predicted octanol–water partition coefficient (Wildman–Crippen LogP) is 6.17. The molecule has 7 nitrogen and oxygen atoms in total. The Morgan fingerprint density at radius 2 is 1.79 bits per heavy atom. The minimum atomic E-state index is -0.292. The second kappa shape index (κ2) is 12.8. The van der Waals surface area contributed by atoms with Crippen LogP contribution < -0.4 is 15.5 Å². The number of nitrogens with one attached hydrogen (secondary N) is 2. The molecule has 0 aromatic heterocycles. The number of likely N-dealkylation sites (tertiary alicyclic amines) is 1. The Balaban J connectivity index is 1.48. The Kier molecular flexibility index (Phi) is 9.24. The topological polar surface area (TPSA) is 88.5 Å². The van der Waals surface area contributed by atoms with Crippen LogP contribution in [0.2, 0.25) is 10.0 Å². The third kappa shape index (κ3) is 7.48. The molecule has 0 radical (unpaired) electrons. The van der Waals surface area contributed by atoms with Crippen LogP contribution in [0.3, 0.4) is 0 Å². The maximum Gasteiger partial charge on any atom is 0.326 e. The largest absolute Gasteiger partial charge is 0.352 e. The van der Waals surface area contributed by atoms with Crippen LogP contribution in [-0.4, -0.2) is 49.1 Å². The first-order valence-corrected chi connectivity index (χ1v) is 13.2. The summed E-state index contributed by atoms with van der Waals surface area (Å²) in [6.07, 6.45) is 1.68. The molecule has 3 aromatic rings. The van der Waals surface area contributed by atoms with Crippen LogP contribution >= 0.6 is 23.2 Å². The van der Waals surface area contributed by atoms with Gasteiger partial charge < -0.3 is 15.5 Å². The van der Waals surface area contributed by atoms with Crippen LogP contribution in [0.15, 0.2) is 66.7 Å². The second-order valence-electron chi connectivity index (χ2n) is 9.32. The third-order valence-electron chi connectivity index (χ3n) is 6.40. The lowest BCUT2D eigenvalue weighted by Gasteiger charge is -2.25. The summed E-state index contributed by atoms with van der Waals surface area (Å²) in [5.74, 6) is -0.0105. The molecule has 0 bridgehead atoms. The fourth-order valence-corrected chi connectivity index (χ4v) is 5.19. The van der Waals surface area contributed by atoms with Crippen LogP contribution in [0.4, 0.5) is 16.2 Å². The molecule has 1 fully saturated rings. The van der Waals surface area contributed by atoms with Crippen molar-refractivity contribution >= 4 is 46.5 Å². The third-order valence-corrected chi connectivity index (χ3v) is 6.84. The highest BCUT2D eigenvalue weighted by molar-refractivity contribution is 6.35. The minimum absolute atomic E-state index is 0.0105. The highest BCUT2D eigenvalue weighted by atomic mass is 35.5. The number of urea groups is 1. The average Bonchev–Trinajstić information content (AvgIpc) is 3.32. The number of amides is 3. The van der Waals surface area contributed by atoms with Crippen molar-refractivity contribution in [3.63, 3.8) is 0 Å². The first kappa shape index (κ1) is 27.5. The van der Waals surface area contributed by atoms with Gasteiger partial charge in [0.1, 0.15) is 0 Å². The maximum absolute atomic E-state index is 13.4. The zero-order chi connectivity index (χ0) is 27.1. The molecular weight excluding hydrogens is 521 g/mol. The number of hydrogen-bond donors (Lipinski definition) is 2. The van der Waals surface area contributed by atoms with Gasteiger partial charge >= 0.3 is 6.03 Å². The van der Waals surface area contributed by atoms with Crippen LogP contribution in [0.5, 0.6) is 0 Å². The van der Waals surface area contributed by atoms with Gasteiger partial charge in [-0.1, -0.05) is 47.5 Å². The summed E-state index contributed by atoms with van der Waals surface area (Å²) in [6, 6.07) is 22.1. The zero-order valence-electron chi connectivity index (χ0n) is 21.1. The molecule has 196 valence electrons. The van der Waals surface area contributed by atoms with Gasteiger partial charge in [-0.25, -0.2) is 4.79 Å². The molecule has 1 aliphatic heterocycles. The molecule has 0 spiro atoms. The number of halogens is 2. The summed E-state index contributed by atoms with van der Waals surface area (Å²) in [6.45, 7) is 4.56. The number of anilines is 2. The van der Waals surface area contributed by atoms with Gasteiger partial charge in [0.15, 0.2) is 0 Å². The number of nitrogens with zero attached hydrogens (tertiary/aromatic N) is 3. The summed E-state index contributed by atoms with van der Waals surface area (Å²) < 4.78 is 0. The van der Waals surface area contributed by atoms with Gasteiger partial charge in [0.25, 0.3) is 0 Å². The molecule has 1 heterocycles. The Labute approximate surface area is 232 Å². The molecule has 0 saturated carbocycles. The number of hydrogen-bond acceptors (Lipinski definition) is 4. The molecule has 0 aliphatic carbocycles. The SMILES string of the molecule is CC(=O)NC1CCN(CCCN(C(=O)Nc2cc(Cl)cc(Cl)c2)c2ccc(-c3cccc(C#N)c3)cc2)C1. The van der Waals surface area contributed by atoms with E-state index in [0.717, 1.165) is 49.3 Å². The average molecular weight is 550 g/mol. The zero-order valence-corrected chi connectivity index (χ0v) is 22.6. The van der Waals surface area contributed by atoms with E-state index in [9.17, 15) is 14.9 Å². The first-order chi connectivity index (χ1) is 18.3. The van der Waals surface area contributed by atoms with Crippen molar-refractivity contribution in [3.8, 4) is 17.2 Å². The van der Waals surface area contributed by atoms with E-state index in [-0.39, 0.29) is 18.0 Å². The quantitative estimate of drug-likeness (QED) is 0.351. The Morgan fingerprint density at radius 3 is 2.47 bits per heavy atom. The Morgan fingerprint density at radius 1 is 1.05 bits per heavy atom. The van der Waals surface area contributed by atoms with Crippen molar-refractivity contribution in [1.29, 1.82) is 5.26 Å². The molecule has 9 heteroatoms. The molecule has 1 aliphatic rings. The molecule has 38 heavy (non-hydrogen) atoms. The van der Waals surface area contributed by atoms with Gasteiger partial charge in [0, 0.05) is 54.0 Å². The second-order valence-corrected chi connectivity index (χ2v) is 10.2. The molecule has 1 unspecified atom stereocenters. The van der Waals surface area contributed by atoms with Gasteiger partial charge in [-0.2, -0.15) is 5.26 Å². The summed E-state index contributed by atoms with van der Waals surface area (Å²) in [5.41, 5.74) is 3.74. The lowest BCUT2D eigenvalue weighted by Crippen LogP contribution is -2.38. The van der Waals surface area contributed by atoms with E-state index in [1.165, 1.54) is 6.92 Å². The van der Waals surface area contributed by atoms with Crippen molar-refractivity contribution in [3.05, 3.63) is 82.3 Å². The maximum atomic E-state index is 13.4. The van der Waals surface area contributed by atoms with E-state index < -0.39 is 0 Å². The number of carbonyl (C=O) groups excluding carboxylic acids is 2. The summed E-state index contributed by atoms with van der Waals surface area (Å²) in [4.78, 5) is 28.8. The van der Waals surface area contributed by atoms with Crippen LogP contribution in [-0.2, 0) is 4.79 Å². The number of carbonyl (C=O) groups is 2.